The van der Waals surface area contributed by atoms with E-state index in [1.807, 2.05) is 0 Å². The number of halogens is 2. The van der Waals surface area contributed by atoms with Gasteiger partial charge < -0.3 is 0 Å². The second kappa shape index (κ2) is 13.8. The molecule has 0 spiro atoms. The topological polar surface area (TPSA) is 0 Å². The molecule has 4 heteroatoms. The second-order valence-electron chi connectivity index (χ2n) is 16.3. The van der Waals surface area contributed by atoms with E-state index in [9.17, 15) is 0 Å². The van der Waals surface area contributed by atoms with Crippen LogP contribution in [0.3, 0.4) is 0 Å². The third kappa shape index (κ3) is 5.98. The van der Waals surface area contributed by atoms with Crippen molar-refractivity contribution < 1.29 is 17.4 Å². The minimum Gasteiger partial charge on any atom is -0.147 e. The molecule has 264 valence electrons. The predicted octanol–water partition coefficient (Wildman–Crippen LogP) is 13.9. The summed E-state index contributed by atoms with van der Waals surface area (Å²) in [5, 5.41) is 5.23. The Hall–Kier alpha value is -3.78. The molecule has 0 amide bonds. The molecular weight excluding hydrogens is 779 g/mol. The van der Waals surface area contributed by atoms with E-state index in [-0.39, 0.29) is 24.8 Å². The fourth-order valence-corrected chi connectivity index (χ4v) is 30.0. The van der Waals surface area contributed by atoms with Crippen molar-refractivity contribution in [2.75, 3.05) is 0 Å². The van der Waals surface area contributed by atoms with Crippen LogP contribution in [0.5, 0.6) is 0 Å². The molecular formula is C49H46Cl2SiZr. The van der Waals surface area contributed by atoms with Crippen molar-refractivity contribution in [1.29, 1.82) is 0 Å². The smallest absolute Gasteiger partial charge is 0.147 e. The van der Waals surface area contributed by atoms with E-state index in [4.69, 9.17) is 0 Å². The zero-order chi connectivity index (χ0) is 35.1. The van der Waals surface area contributed by atoms with E-state index < -0.39 is 17.4 Å². The number of hydrogen-bond donors (Lipinski definition) is 0. The van der Waals surface area contributed by atoms with Crippen LogP contribution in [0.1, 0.15) is 53.1 Å². The van der Waals surface area contributed by atoms with Gasteiger partial charge in [0.2, 0.25) is 0 Å². The van der Waals surface area contributed by atoms with Crippen LogP contribution in [-0.4, -0.2) is 6.88 Å². The van der Waals surface area contributed by atoms with Crippen molar-refractivity contribution in [2.24, 2.45) is 0 Å². The first-order chi connectivity index (χ1) is 24.6. The molecule has 0 saturated carbocycles. The van der Waals surface area contributed by atoms with Crippen LogP contribution in [0.2, 0.25) is 9.26 Å². The number of fused-ring (bicyclic) bond motifs is 4. The maximum absolute atomic E-state index is 3.94. The number of rotatable bonds is 5. The molecule has 9 rings (SSSR count). The molecule has 7 aromatic carbocycles. The summed E-state index contributed by atoms with van der Waals surface area (Å²) in [5.41, 5.74) is 18.5. The van der Waals surface area contributed by atoms with Crippen molar-refractivity contribution >= 4 is 71.0 Å². The summed E-state index contributed by atoms with van der Waals surface area (Å²) in [5.74, 6) is 0. The normalized spacial score (nSPS) is 16.3. The standard InChI is InChI=1S/C26H19.C21H17.2CH3.2ClH.H2Si.Zr/c1-18-7-4-10-20(15-18)22-16-21-11-6-14-25(26(21)17-22)24-13-5-9-19-8-2-3-12-23(19)24;1-14-12-20-15(2)10-11-19(21(20)13-14)18-9-5-7-16-6-3-4-8-17(16)18;;;;;;/h2-17H,1H3;3-13H,1-2H3;2*1H3;2*1H;1H2;. The van der Waals surface area contributed by atoms with Crippen molar-refractivity contribution in [3.05, 3.63) is 184 Å². The quantitative estimate of drug-likeness (QED) is 0.152. The fourth-order valence-electron chi connectivity index (χ4n) is 10.1. The number of allylic oxidation sites excluding steroid dienone is 2. The Morgan fingerprint density at radius 2 is 1.06 bits per heavy atom. The Morgan fingerprint density at radius 3 is 1.70 bits per heavy atom. The zero-order valence-electron chi connectivity index (χ0n) is 31.1. The first kappa shape index (κ1) is 37.5. The van der Waals surface area contributed by atoms with Crippen LogP contribution < -0.4 is 0 Å². The van der Waals surface area contributed by atoms with Gasteiger partial charge in [-0.05, 0) is 0 Å². The largest absolute Gasteiger partial charge is 0.147 e. The summed E-state index contributed by atoms with van der Waals surface area (Å²) in [6.07, 6.45) is 5.16. The van der Waals surface area contributed by atoms with Gasteiger partial charge in [0.05, 0.1) is 0 Å². The molecule has 0 radical (unpaired) electrons. The van der Waals surface area contributed by atoms with Gasteiger partial charge in [-0.1, -0.05) is 0 Å². The Bertz CT molecular complexity index is 2720. The first-order valence-corrected chi connectivity index (χ1v) is 32.0. The van der Waals surface area contributed by atoms with Crippen molar-refractivity contribution in [1.82, 2.24) is 0 Å². The first-order valence-electron chi connectivity index (χ1n) is 18.4. The molecule has 53 heavy (non-hydrogen) atoms. The van der Waals surface area contributed by atoms with Crippen LogP contribution in [0.4, 0.5) is 0 Å². The fraction of sp³-hybridized carbons (Fsp3) is 0.143. The second-order valence-corrected chi connectivity index (χ2v) is 46.8. The van der Waals surface area contributed by atoms with Gasteiger partial charge >= 0.3 is 307 Å². The van der Waals surface area contributed by atoms with Gasteiger partial charge in [0.15, 0.2) is 0 Å². The van der Waals surface area contributed by atoms with Crippen molar-refractivity contribution in [2.45, 2.75) is 37.3 Å². The predicted molar refractivity (Wildman–Crippen MR) is 236 cm³/mol. The van der Waals surface area contributed by atoms with Gasteiger partial charge in [0.1, 0.15) is 0 Å². The maximum Gasteiger partial charge on any atom is -0.147 e. The van der Waals surface area contributed by atoms with Crippen LogP contribution in [0.25, 0.3) is 61.5 Å². The third-order valence-corrected chi connectivity index (χ3v) is 29.6. The molecule has 0 aromatic heterocycles. The molecule has 2 atom stereocenters. The van der Waals surface area contributed by atoms with Gasteiger partial charge in [-0.2, -0.15) is 0 Å². The average Bonchev–Trinajstić information content (AvgIpc) is 3.72. The van der Waals surface area contributed by atoms with Crippen molar-refractivity contribution in [3.8, 4) is 22.3 Å². The Balaban J connectivity index is 0.00000218. The van der Waals surface area contributed by atoms with E-state index in [0.29, 0.717) is 7.25 Å². The van der Waals surface area contributed by atoms with Crippen molar-refractivity contribution in [3.63, 3.8) is 0 Å². The molecule has 7 aromatic rings. The minimum atomic E-state index is -3.94. The summed E-state index contributed by atoms with van der Waals surface area (Å²) in [4.78, 5) is 0. The Kier molecular flexibility index (Phi) is 9.78. The molecule has 0 aliphatic heterocycles. The molecule has 0 N–H and O–H groups in total. The summed E-state index contributed by atoms with van der Waals surface area (Å²) >= 11 is -3.94. The third-order valence-electron chi connectivity index (χ3n) is 12.1. The molecule has 2 aliphatic carbocycles. The van der Waals surface area contributed by atoms with E-state index in [0.717, 1.165) is 0 Å². The van der Waals surface area contributed by atoms with Gasteiger partial charge in [0.25, 0.3) is 0 Å². The SMILES string of the molecule is CC1=Cc2c(-c3cccc4ccccc34)ccc(C)c2[CH]1[Zr]([CH3])([CH3])(=[SiH2])[CH]1C(c2cccc(C)c2)=Cc2c(-c3cccc4ccccc34)cccc21.Cl.Cl. The van der Waals surface area contributed by atoms with E-state index >= 15 is 0 Å². The summed E-state index contributed by atoms with van der Waals surface area (Å²) < 4.78 is 6.35. The summed E-state index contributed by atoms with van der Waals surface area (Å²) in [6, 6.07) is 52.5. The van der Waals surface area contributed by atoms with Crippen LogP contribution in [0.15, 0.2) is 145 Å². The van der Waals surface area contributed by atoms with Gasteiger partial charge in [-0.25, -0.2) is 0 Å². The van der Waals surface area contributed by atoms with Crippen LogP contribution >= 0.6 is 24.8 Å². The van der Waals surface area contributed by atoms with Crippen LogP contribution in [-0.2, 0) is 17.4 Å². The van der Waals surface area contributed by atoms with Gasteiger partial charge in [-0.15, -0.1) is 24.8 Å². The Morgan fingerprint density at radius 1 is 0.509 bits per heavy atom. The molecule has 2 unspecified atom stereocenters. The average molecular weight is 825 g/mol. The van der Waals surface area contributed by atoms with Gasteiger partial charge in [0, 0.05) is 0 Å². The zero-order valence-corrected chi connectivity index (χ0v) is 36.6. The monoisotopic (exact) mass is 822 g/mol. The Labute approximate surface area is 329 Å². The summed E-state index contributed by atoms with van der Waals surface area (Å²) in [7, 11) is 0. The van der Waals surface area contributed by atoms with E-state index in [1.165, 1.54) is 88.3 Å². The molecule has 0 fully saturated rings. The minimum absolute atomic E-state index is 0. The molecule has 2 aliphatic rings. The van der Waals surface area contributed by atoms with E-state index in [1.54, 1.807) is 5.56 Å². The number of hydrogen-bond acceptors (Lipinski definition) is 0. The van der Waals surface area contributed by atoms with E-state index in [2.05, 4.69) is 189 Å². The molecule has 0 saturated heterocycles. The molecule has 0 heterocycles. The maximum atomic E-state index is 2.77. The summed E-state index contributed by atoms with van der Waals surface area (Å²) in [6.45, 7) is 9.47. The van der Waals surface area contributed by atoms with Crippen LogP contribution in [0, 0.1) is 13.8 Å². The number of benzene rings is 7. The molecule has 0 bridgehead atoms. The molecule has 0 nitrogen and oxygen atoms in total. The van der Waals surface area contributed by atoms with Gasteiger partial charge in [-0.3, -0.25) is 0 Å². The number of aryl methyl sites for hydroxylation is 2.